The fraction of sp³-hybridized carbons (Fsp3) is 0.545. The van der Waals surface area contributed by atoms with Crippen molar-refractivity contribution in [3.8, 4) is 0 Å². The van der Waals surface area contributed by atoms with E-state index in [1.54, 1.807) is 27.1 Å². The van der Waals surface area contributed by atoms with Gasteiger partial charge >= 0.3 is 0 Å². The number of likely N-dealkylation sites (N-methyl/N-ethyl adjacent to an activating group) is 2. The molecule has 0 fully saturated rings. The molecule has 1 aromatic heterocycles. The highest BCUT2D eigenvalue weighted by Gasteiger charge is 2.27. The van der Waals surface area contributed by atoms with E-state index < -0.39 is 10.0 Å². The largest absolute Gasteiger partial charge is 0.348 e. The molecule has 1 aromatic rings. The predicted octanol–water partition coefficient (Wildman–Crippen LogP) is 0.306. The number of hydrogen-bond acceptors (Lipinski definition) is 5. The summed E-state index contributed by atoms with van der Waals surface area (Å²) in [6.07, 6.45) is 0. The van der Waals surface area contributed by atoms with E-state index in [4.69, 9.17) is 5.73 Å². The van der Waals surface area contributed by atoms with Crippen LogP contribution >= 0.6 is 11.3 Å². The third kappa shape index (κ3) is 3.75. The molecule has 19 heavy (non-hydrogen) atoms. The van der Waals surface area contributed by atoms with Crippen LogP contribution in [0.15, 0.2) is 16.3 Å². The third-order valence-electron chi connectivity index (χ3n) is 2.60. The van der Waals surface area contributed by atoms with Crippen molar-refractivity contribution < 1.29 is 13.2 Å². The normalized spacial score (nSPS) is 11.8. The molecule has 0 atom stereocenters. The Morgan fingerprint density at radius 1 is 1.37 bits per heavy atom. The maximum Gasteiger partial charge on any atom is 0.253 e. The average Bonchev–Trinajstić information content (AvgIpc) is 2.84. The van der Waals surface area contributed by atoms with Gasteiger partial charge in [-0.1, -0.05) is 6.92 Å². The number of rotatable bonds is 6. The molecule has 0 aromatic carbocycles. The summed E-state index contributed by atoms with van der Waals surface area (Å²) in [5, 5.41) is 0. The van der Waals surface area contributed by atoms with E-state index in [-0.39, 0.29) is 23.2 Å². The first kappa shape index (κ1) is 16.1. The summed E-state index contributed by atoms with van der Waals surface area (Å²) in [5.74, 6) is -0.249. The molecule has 6 nitrogen and oxygen atoms in total. The maximum atomic E-state index is 12.4. The van der Waals surface area contributed by atoms with Crippen LogP contribution in [0.2, 0.25) is 0 Å². The highest BCUT2D eigenvalue weighted by atomic mass is 32.2. The van der Waals surface area contributed by atoms with Crippen molar-refractivity contribution >= 4 is 27.3 Å². The first-order chi connectivity index (χ1) is 8.82. The second-order valence-corrected chi connectivity index (χ2v) is 7.48. The second-order valence-electron chi connectivity index (χ2n) is 4.14. The number of carbonyl (C=O) groups excluding carboxylic acids is 1. The van der Waals surface area contributed by atoms with Gasteiger partial charge in [0, 0.05) is 32.1 Å². The minimum absolute atomic E-state index is 0.151. The van der Waals surface area contributed by atoms with E-state index in [9.17, 15) is 13.2 Å². The fourth-order valence-corrected chi connectivity index (χ4v) is 4.18. The van der Waals surface area contributed by atoms with Gasteiger partial charge in [0.05, 0.1) is 6.54 Å². The highest BCUT2D eigenvalue weighted by molar-refractivity contribution is 7.91. The Balaban J connectivity index is 2.98. The molecule has 2 N–H and O–H groups in total. The van der Waals surface area contributed by atoms with E-state index >= 15 is 0 Å². The third-order valence-corrected chi connectivity index (χ3v) is 6.09. The molecule has 0 aliphatic carbocycles. The molecule has 0 bridgehead atoms. The van der Waals surface area contributed by atoms with Crippen LogP contribution in [0.3, 0.4) is 0 Å². The zero-order chi connectivity index (χ0) is 14.6. The van der Waals surface area contributed by atoms with Crippen molar-refractivity contribution in [3.63, 3.8) is 0 Å². The Kier molecular flexibility index (Phi) is 5.48. The number of sulfonamides is 1. The summed E-state index contributed by atoms with van der Waals surface area (Å²) in [5.41, 5.74) is 5.48. The van der Waals surface area contributed by atoms with Crippen LogP contribution in [0.5, 0.6) is 0 Å². The summed E-state index contributed by atoms with van der Waals surface area (Å²) in [6, 6.07) is 3.23. The second kappa shape index (κ2) is 6.47. The topological polar surface area (TPSA) is 83.7 Å². The van der Waals surface area contributed by atoms with Crippen LogP contribution in [0.1, 0.15) is 11.8 Å². The number of nitrogens with two attached hydrogens (primary N) is 1. The van der Waals surface area contributed by atoms with Crippen molar-refractivity contribution in [1.82, 2.24) is 9.21 Å². The van der Waals surface area contributed by atoms with Gasteiger partial charge in [-0.05, 0) is 12.1 Å². The van der Waals surface area contributed by atoms with Gasteiger partial charge in [-0.15, -0.1) is 11.3 Å². The lowest BCUT2D eigenvalue weighted by Gasteiger charge is -2.20. The number of carbonyl (C=O) groups is 1. The predicted molar refractivity (Wildman–Crippen MR) is 75.3 cm³/mol. The molecule has 0 spiro atoms. The van der Waals surface area contributed by atoms with Crippen LogP contribution in [-0.2, 0) is 21.4 Å². The van der Waals surface area contributed by atoms with Gasteiger partial charge in [0.2, 0.25) is 5.91 Å². The number of nitrogens with zero attached hydrogens (tertiary/aromatic N) is 2. The van der Waals surface area contributed by atoms with Gasteiger partial charge in [0.15, 0.2) is 0 Å². The van der Waals surface area contributed by atoms with Gasteiger partial charge in [-0.2, -0.15) is 4.31 Å². The fourth-order valence-electron chi connectivity index (χ4n) is 1.39. The molecule has 8 heteroatoms. The summed E-state index contributed by atoms with van der Waals surface area (Å²) >= 11 is 1.14. The summed E-state index contributed by atoms with van der Waals surface area (Å²) in [4.78, 5) is 13.8. The zero-order valence-corrected chi connectivity index (χ0v) is 12.9. The molecular weight excluding hydrogens is 286 g/mol. The van der Waals surface area contributed by atoms with Crippen molar-refractivity contribution in [1.29, 1.82) is 0 Å². The molecule has 0 aliphatic rings. The van der Waals surface area contributed by atoms with Gasteiger partial charge in [-0.25, -0.2) is 8.42 Å². The Labute approximate surface area is 117 Å². The van der Waals surface area contributed by atoms with E-state index in [1.165, 1.54) is 15.3 Å². The van der Waals surface area contributed by atoms with Crippen molar-refractivity contribution in [3.05, 3.63) is 17.0 Å². The van der Waals surface area contributed by atoms with Crippen LogP contribution in [0.4, 0.5) is 0 Å². The molecule has 1 amide bonds. The standard InChI is InChI=1S/C11H19N3O3S2/c1-4-14(8-10(15)13(2)3)19(16,17)11-6-5-9(7-12)18-11/h5-6H,4,7-8,12H2,1-3H3. The van der Waals surface area contributed by atoms with Crippen molar-refractivity contribution in [2.45, 2.75) is 17.7 Å². The molecule has 0 radical (unpaired) electrons. The van der Waals surface area contributed by atoms with E-state index in [0.717, 1.165) is 16.2 Å². The zero-order valence-electron chi connectivity index (χ0n) is 11.3. The Bertz CT molecular complexity index is 537. The molecule has 0 saturated carbocycles. The molecule has 1 rings (SSSR count). The Morgan fingerprint density at radius 2 is 2.00 bits per heavy atom. The van der Waals surface area contributed by atoms with Gasteiger partial charge < -0.3 is 10.6 Å². The molecular formula is C11H19N3O3S2. The SMILES string of the molecule is CCN(CC(=O)N(C)C)S(=O)(=O)c1ccc(CN)s1. The van der Waals surface area contributed by atoms with E-state index in [2.05, 4.69) is 0 Å². The lowest BCUT2D eigenvalue weighted by Crippen LogP contribution is -2.39. The summed E-state index contributed by atoms with van der Waals surface area (Å²) < 4.78 is 26.1. The number of hydrogen-bond donors (Lipinski definition) is 1. The Morgan fingerprint density at radius 3 is 2.42 bits per heavy atom. The maximum absolute atomic E-state index is 12.4. The number of amides is 1. The Hall–Kier alpha value is -0.960. The minimum atomic E-state index is -3.62. The average molecular weight is 305 g/mol. The smallest absolute Gasteiger partial charge is 0.253 e. The lowest BCUT2D eigenvalue weighted by atomic mass is 10.5. The summed E-state index contributed by atoms with van der Waals surface area (Å²) in [7, 11) is -0.425. The van der Waals surface area contributed by atoms with Crippen LogP contribution in [0.25, 0.3) is 0 Å². The lowest BCUT2D eigenvalue weighted by molar-refractivity contribution is -0.128. The molecule has 0 unspecified atom stereocenters. The van der Waals surface area contributed by atoms with Gasteiger partial charge in [0.25, 0.3) is 10.0 Å². The first-order valence-corrected chi connectivity index (χ1v) is 8.07. The molecule has 1 heterocycles. The highest BCUT2D eigenvalue weighted by Crippen LogP contribution is 2.24. The minimum Gasteiger partial charge on any atom is -0.348 e. The van der Waals surface area contributed by atoms with Crippen molar-refractivity contribution in [2.75, 3.05) is 27.2 Å². The molecule has 108 valence electrons. The molecule has 0 saturated heterocycles. The number of thiophene rings is 1. The van der Waals surface area contributed by atoms with E-state index in [1.807, 2.05) is 0 Å². The van der Waals surface area contributed by atoms with Crippen molar-refractivity contribution in [2.24, 2.45) is 5.73 Å². The quantitative estimate of drug-likeness (QED) is 0.819. The molecule has 0 aliphatic heterocycles. The van der Waals surface area contributed by atoms with E-state index in [0.29, 0.717) is 6.54 Å². The summed E-state index contributed by atoms with van der Waals surface area (Å²) in [6.45, 7) is 2.11. The van der Waals surface area contributed by atoms with Crippen LogP contribution < -0.4 is 5.73 Å². The van der Waals surface area contributed by atoms with Gasteiger partial charge in [-0.3, -0.25) is 4.79 Å². The first-order valence-electron chi connectivity index (χ1n) is 5.82. The van der Waals surface area contributed by atoms with Crippen LogP contribution in [0, 0.1) is 0 Å². The van der Waals surface area contributed by atoms with Crippen LogP contribution in [-0.4, -0.2) is 50.7 Å². The van der Waals surface area contributed by atoms with Gasteiger partial charge in [0.1, 0.15) is 4.21 Å². The monoisotopic (exact) mass is 305 g/mol.